The highest BCUT2D eigenvalue weighted by Gasteiger charge is 2.17. The van der Waals surface area contributed by atoms with Gasteiger partial charge in [-0.15, -0.1) is 11.3 Å². The van der Waals surface area contributed by atoms with Gasteiger partial charge in [-0.3, -0.25) is 4.79 Å². The molecular formula is C12H10N2O3S. The Labute approximate surface area is 107 Å². The smallest absolute Gasteiger partial charge is 0.354 e. The van der Waals surface area contributed by atoms with Crippen molar-refractivity contribution in [3.05, 3.63) is 47.1 Å². The average Bonchev–Trinajstić information content (AvgIpc) is 2.91. The molecule has 2 aromatic rings. The van der Waals surface area contributed by atoms with Crippen LogP contribution in [0, 0.1) is 0 Å². The number of carbonyl (C=O) groups excluding carboxylic acids is 1. The SMILES string of the molecule is CN(C(=O)c1cccc(C(=O)O)n1)c1cccs1. The summed E-state index contributed by atoms with van der Waals surface area (Å²) in [5, 5.41) is 11.5. The van der Waals surface area contributed by atoms with E-state index in [0.29, 0.717) is 0 Å². The van der Waals surface area contributed by atoms with E-state index in [2.05, 4.69) is 4.98 Å². The van der Waals surface area contributed by atoms with Gasteiger partial charge in [0.05, 0.1) is 5.00 Å². The van der Waals surface area contributed by atoms with E-state index in [1.807, 2.05) is 17.5 Å². The van der Waals surface area contributed by atoms with Gasteiger partial charge in [0.1, 0.15) is 11.4 Å². The van der Waals surface area contributed by atoms with Crippen molar-refractivity contribution in [2.75, 3.05) is 11.9 Å². The monoisotopic (exact) mass is 262 g/mol. The zero-order valence-corrected chi connectivity index (χ0v) is 10.3. The minimum Gasteiger partial charge on any atom is -0.477 e. The number of hydrogen-bond donors (Lipinski definition) is 1. The summed E-state index contributed by atoms with van der Waals surface area (Å²) in [5.74, 6) is -1.48. The van der Waals surface area contributed by atoms with Crippen LogP contribution in [0.2, 0.25) is 0 Å². The van der Waals surface area contributed by atoms with Crippen molar-refractivity contribution in [2.45, 2.75) is 0 Å². The molecule has 0 spiro atoms. The van der Waals surface area contributed by atoms with Gasteiger partial charge in [-0.25, -0.2) is 9.78 Å². The standard InChI is InChI=1S/C12H10N2O3S/c1-14(10-6-3-7-18-10)11(15)8-4-2-5-9(13-8)12(16)17/h2-7H,1H3,(H,16,17). The third-order valence-corrected chi connectivity index (χ3v) is 3.27. The number of carboxylic acid groups (broad SMARTS) is 1. The first-order valence-electron chi connectivity index (χ1n) is 5.11. The largest absolute Gasteiger partial charge is 0.477 e. The first-order chi connectivity index (χ1) is 8.59. The first kappa shape index (κ1) is 12.3. The fourth-order valence-electron chi connectivity index (χ4n) is 1.41. The summed E-state index contributed by atoms with van der Waals surface area (Å²) in [4.78, 5) is 28.1. The molecule has 6 heteroatoms. The second-order valence-corrected chi connectivity index (χ2v) is 4.45. The lowest BCUT2D eigenvalue weighted by Gasteiger charge is -2.14. The highest BCUT2D eigenvalue weighted by molar-refractivity contribution is 7.14. The van der Waals surface area contributed by atoms with Gasteiger partial charge in [-0.05, 0) is 29.6 Å². The molecule has 0 aliphatic rings. The molecule has 0 aliphatic carbocycles. The van der Waals surface area contributed by atoms with E-state index >= 15 is 0 Å². The predicted molar refractivity (Wildman–Crippen MR) is 68.2 cm³/mol. The quantitative estimate of drug-likeness (QED) is 0.919. The number of rotatable bonds is 3. The fourth-order valence-corrected chi connectivity index (χ4v) is 2.10. The van der Waals surface area contributed by atoms with Crippen molar-refractivity contribution in [2.24, 2.45) is 0 Å². The first-order valence-corrected chi connectivity index (χ1v) is 5.99. The van der Waals surface area contributed by atoms with Gasteiger partial charge in [-0.1, -0.05) is 6.07 Å². The molecule has 2 aromatic heterocycles. The van der Waals surface area contributed by atoms with E-state index in [9.17, 15) is 9.59 Å². The number of carbonyl (C=O) groups is 2. The molecule has 0 bridgehead atoms. The average molecular weight is 262 g/mol. The van der Waals surface area contributed by atoms with Crippen LogP contribution >= 0.6 is 11.3 Å². The Morgan fingerprint density at radius 3 is 2.56 bits per heavy atom. The van der Waals surface area contributed by atoms with Crippen LogP contribution in [-0.2, 0) is 0 Å². The molecule has 5 nitrogen and oxygen atoms in total. The number of carboxylic acids is 1. The maximum absolute atomic E-state index is 12.1. The maximum atomic E-state index is 12.1. The highest BCUT2D eigenvalue weighted by atomic mass is 32.1. The van der Waals surface area contributed by atoms with Crippen LogP contribution in [0.3, 0.4) is 0 Å². The molecule has 0 saturated carbocycles. The third kappa shape index (κ3) is 2.38. The topological polar surface area (TPSA) is 70.5 Å². The summed E-state index contributed by atoms with van der Waals surface area (Å²) in [6, 6.07) is 8.00. The summed E-state index contributed by atoms with van der Waals surface area (Å²) in [5.41, 5.74) is -0.0220. The Bertz CT molecular complexity index is 581. The van der Waals surface area contributed by atoms with E-state index in [4.69, 9.17) is 5.11 Å². The van der Waals surface area contributed by atoms with E-state index in [1.165, 1.54) is 34.4 Å². The number of anilines is 1. The second-order valence-electron chi connectivity index (χ2n) is 3.53. The molecule has 0 fully saturated rings. The van der Waals surface area contributed by atoms with Gasteiger partial charge in [0.15, 0.2) is 0 Å². The zero-order valence-electron chi connectivity index (χ0n) is 9.53. The van der Waals surface area contributed by atoms with E-state index in [0.717, 1.165) is 5.00 Å². The number of thiophene rings is 1. The van der Waals surface area contributed by atoms with E-state index in [1.54, 1.807) is 7.05 Å². The van der Waals surface area contributed by atoms with Gasteiger partial charge in [0.25, 0.3) is 5.91 Å². The lowest BCUT2D eigenvalue weighted by molar-refractivity contribution is 0.0690. The van der Waals surface area contributed by atoms with Gasteiger partial charge in [0.2, 0.25) is 0 Å². The van der Waals surface area contributed by atoms with Gasteiger partial charge >= 0.3 is 5.97 Å². The van der Waals surface area contributed by atoms with Crippen molar-refractivity contribution in [1.29, 1.82) is 0 Å². The van der Waals surface area contributed by atoms with Gasteiger partial charge in [0, 0.05) is 7.05 Å². The number of aromatic carboxylic acids is 1. The molecule has 92 valence electrons. The molecule has 2 heterocycles. The lowest BCUT2D eigenvalue weighted by Crippen LogP contribution is -2.26. The van der Waals surface area contributed by atoms with Crippen LogP contribution in [0.4, 0.5) is 5.00 Å². The molecule has 0 radical (unpaired) electrons. The Morgan fingerprint density at radius 2 is 1.94 bits per heavy atom. The Hall–Kier alpha value is -2.21. The normalized spacial score (nSPS) is 10.1. The Kier molecular flexibility index (Phi) is 3.38. The van der Waals surface area contributed by atoms with Crippen LogP contribution in [0.1, 0.15) is 21.0 Å². The molecule has 0 saturated heterocycles. The highest BCUT2D eigenvalue weighted by Crippen LogP contribution is 2.21. The number of nitrogens with zero attached hydrogens (tertiary/aromatic N) is 2. The van der Waals surface area contributed by atoms with Crippen LogP contribution in [-0.4, -0.2) is 29.0 Å². The number of aromatic nitrogens is 1. The number of amides is 1. The van der Waals surface area contributed by atoms with Crippen molar-refractivity contribution in [1.82, 2.24) is 4.98 Å². The minimum atomic E-state index is -1.15. The zero-order chi connectivity index (χ0) is 13.1. The molecular weight excluding hydrogens is 252 g/mol. The second kappa shape index (κ2) is 4.97. The molecule has 0 atom stereocenters. The van der Waals surface area contributed by atoms with E-state index < -0.39 is 5.97 Å². The summed E-state index contributed by atoms with van der Waals surface area (Å²) in [7, 11) is 1.63. The molecule has 0 aromatic carbocycles. The molecule has 2 rings (SSSR count). The van der Waals surface area contributed by atoms with Crippen molar-refractivity contribution in [3.8, 4) is 0 Å². The number of hydrogen-bond acceptors (Lipinski definition) is 4. The lowest BCUT2D eigenvalue weighted by atomic mass is 10.3. The summed E-state index contributed by atoms with van der Waals surface area (Å²) in [6.07, 6.45) is 0. The summed E-state index contributed by atoms with van der Waals surface area (Å²) in [6.45, 7) is 0. The molecule has 1 amide bonds. The van der Waals surface area contributed by atoms with Crippen LogP contribution in [0.15, 0.2) is 35.7 Å². The minimum absolute atomic E-state index is 0.116. The fraction of sp³-hybridized carbons (Fsp3) is 0.0833. The van der Waals surface area contributed by atoms with Crippen LogP contribution in [0.5, 0.6) is 0 Å². The molecule has 18 heavy (non-hydrogen) atoms. The van der Waals surface area contributed by atoms with Crippen LogP contribution in [0.25, 0.3) is 0 Å². The summed E-state index contributed by atoms with van der Waals surface area (Å²) < 4.78 is 0. The van der Waals surface area contributed by atoms with Crippen LogP contribution < -0.4 is 4.90 Å². The Balaban J connectivity index is 2.29. The molecule has 1 N–H and O–H groups in total. The van der Waals surface area contributed by atoms with Gasteiger partial charge < -0.3 is 10.0 Å². The maximum Gasteiger partial charge on any atom is 0.354 e. The summed E-state index contributed by atoms with van der Waals surface area (Å²) >= 11 is 1.43. The number of pyridine rings is 1. The van der Waals surface area contributed by atoms with Crippen molar-refractivity contribution in [3.63, 3.8) is 0 Å². The van der Waals surface area contributed by atoms with Crippen molar-refractivity contribution >= 4 is 28.2 Å². The van der Waals surface area contributed by atoms with E-state index in [-0.39, 0.29) is 17.3 Å². The van der Waals surface area contributed by atoms with Gasteiger partial charge in [-0.2, -0.15) is 0 Å². The molecule has 0 aliphatic heterocycles. The Morgan fingerprint density at radius 1 is 1.22 bits per heavy atom. The van der Waals surface area contributed by atoms with Crippen molar-refractivity contribution < 1.29 is 14.7 Å². The predicted octanol–water partition coefficient (Wildman–Crippen LogP) is 2.12. The molecule has 0 unspecified atom stereocenters. The third-order valence-electron chi connectivity index (χ3n) is 2.33.